The molecule has 102 valence electrons. The second-order valence-electron chi connectivity index (χ2n) is 3.91. The third kappa shape index (κ3) is 5.33. The maximum Gasteiger partial charge on any atom is 0.338 e. The van der Waals surface area contributed by atoms with Gasteiger partial charge in [0.15, 0.2) is 12.4 Å². The van der Waals surface area contributed by atoms with E-state index in [-0.39, 0.29) is 12.4 Å². The third-order valence-electron chi connectivity index (χ3n) is 2.52. The predicted molar refractivity (Wildman–Crippen MR) is 67.6 cm³/mol. The zero-order valence-electron chi connectivity index (χ0n) is 10.7. The van der Waals surface area contributed by atoms with Gasteiger partial charge in [0.05, 0.1) is 12.7 Å². The Bertz CT molecular complexity index is 427. The lowest BCUT2D eigenvalue weighted by molar-refractivity contribution is -0.141. The van der Waals surface area contributed by atoms with Gasteiger partial charge in [0.1, 0.15) is 0 Å². The van der Waals surface area contributed by atoms with Crippen LogP contribution in [-0.2, 0) is 19.1 Å². The zero-order chi connectivity index (χ0) is 14.1. The molecular weight excluding hydrogens is 248 g/mol. The van der Waals surface area contributed by atoms with Crippen molar-refractivity contribution in [3.05, 3.63) is 35.9 Å². The number of methoxy groups -OCH3 is 1. The summed E-state index contributed by atoms with van der Waals surface area (Å²) in [5, 5.41) is 0. The molecule has 0 amide bonds. The van der Waals surface area contributed by atoms with E-state index in [1.807, 2.05) is 0 Å². The first-order valence-electron chi connectivity index (χ1n) is 5.95. The summed E-state index contributed by atoms with van der Waals surface area (Å²) in [6, 6.07) is 8.43. The maximum atomic E-state index is 11.7. The molecule has 0 spiro atoms. The summed E-state index contributed by atoms with van der Waals surface area (Å²) in [5.74, 6) is -0.894. The fraction of sp³-hybridized carbons (Fsp3) is 0.357. The van der Waals surface area contributed by atoms with Gasteiger partial charge in [-0.2, -0.15) is 0 Å². The number of ether oxygens (including phenoxy) is 2. The van der Waals surface area contributed by atoms with Gasteiger partial charge in [0.2, 0.25) is 0 Å². The van der Waals surface area contributed by atoms with Gasteiger partial charge in [-0.15, -0.1) is 0 Å². The minimum Gasteiger partial charge on any atom is -0.469 e. The molecule has 0 radical (unpaired) electrons. The molecule has 0 N–H and O–H groups in total. The third-order valence-corrected chi connectivity index (χ3v) is 2.52. The molecule has 0 saturated heterocycles. The van der Waals surface area contributed by atoms with E-state index in [4.69, 9.17) is 4.74 Å². The Labute approximate surface area is 111 Å². The molecule has 0 unspecified atom stereocenters. The van der Waals surface area contributed by atoms with Gasteiger partial charge in [-0.25, -0.2) is 4.79 Å². The lowest BCUT2D eigenvalue weighted by Gasteiger charge is -2.11. The van der Waals surface area contributed by atoms with Crippen molar-refractivity contribution in [3.63, 3.8) is 0 Å². The van der Waals surface area contributed by atoms with Crippen molar-refractivity contribution in [2.24, 2.45) is 0 Å². The normalized spacial score (nSPS) is 11.4. The minimum atomic E-state index is -0.836. The quantitative estimate of drug-likeness (QED) is 0.554. The highest BCUT2D eigenvalue weighted by Gasteiger charge is 2.15. The fourth-order valence-electron chi connectivity index (χ4n) is 1.48. The van der Waals surface area contributed by atoms with Crippen LogP contribution in [0.5, 0.6) is 0 Å². The van der Waals surface area contributed by atoms with Gasteiger partial charge in [-0.1, -0.05) is 18.2 Å². The van der Waals surface area contributed by atoms with Gasteiger partial charge in [-0.05, 0) is 25.0 Å². The molecule has 1 rings (SSSR count). The molecule has 0 aliphatic carbocycles. The second-order valence-corrected chi connectivity index (χ2v) is 3.91. The lowest BCUT2D eigenvalue weighted by Crippen LogP contribution is -2.20. The number of rotatable bonds is 7. The summed E-state index contributed by atoms with van der Waals surface area (Å²) in [6.07, 6.45) is 0.661. The molecule has 5 heteroatoms. The fourth-order valence-corrected chi connectivity index (χ4v) is 1.48. The molecule has 5 nitrogen and oxygen atoms in total. The summed E-state index contributed by atoms with van der Waals surface area (Å²) < 4.78 is 9.52. The first kappa shape index (κ1) is 14.9. The van der Waals surface area contributed by atoms with Gasteiger partial charge in [0, 0.05) is 6.42 Å². The summed E-state index contributed by atoms with van der Waals surface area (Å²) in [4.78, 5) is 33.4. The number of esters is 2. The average Bonchev–Trinajstić information content (AvgIpc) is 2.46. The number of carbonyl (C=O) groups excluding carboxylic acids is 3. The molecule has 0 bridgehead atoms. The van der Waals surface area contributed by atoms with Crippen molar-refractivity contribution >= 4 is 18.2 Å². The molecule has 1 aromatic rings. The van der Waals surface area contributed by atoms with Crippen molar-refractivity contribution < 1.29 is 23.9 Å². The highest BCUT2D eigenvalue weighted by molar-refractivity contribution is 5.90. The summed E-state index contributed by atoms with van der Waals surface area (Å²) in [5.41, 5.74) is 0.391. The Morgan fingerprint density at radius 3 is 2.53 bits per heavy atom. The van der Waals surface area contributed by atoms with Crippen molar-refractivity contribution in [1.29, 1.82) is 0 Å². The average molecular weight is 264 g/mol. The molecule has 0 heterocycles. The molecule has 1 aromatic carbocycles. The Hall–Kier alpha value is -2.17. The van der Waals surface area contributed by atoms with Crippen LogP contribution in [0.1, 0.15) is 29.6 Å². The second kappa shape index (κ2) is 8.02. The molecule has 0 aliphatic rings. The van der Waals surface area contributed by atoms with Gasteiger partial charge >= 0.3 is 11.9 Å². The van der Waals surface area contributed by atoms with Crippen LogP contribution in [-0.4, -0.2) is 31.4 Å². The first-order valence-corrected chi connectivity index (χ1v) is 5.95. The van der Waals surface area contributed by atoms with Crippen LogP contribution in [0.2, 0.25) is 0 Å². The number of benzene rings is 1. The Morgan fingerprint density at radius 2 is 1.95 bits per heavy atom. The van der Waals surface area contributed by atoms with E-state index >= 15 is 0 Å². The SMILES string of the molecule is COC(=O)CCC[C@H](C=O)OC(=O)c1ccccc1. The van der Waals surface area contributed by atoms with Crippen LogP contribution in [0.15, 0.2) is 30.3 Å². The zero-order valence-corrected chi connectivity index (χ0v) is 10.7. The highest BCUT2D eigenvalue weighted by atomic mass is 16.5. The van der Waals surface area contributed by atoms with E-state index in [1.54, 1.807) is 30.3 Å². The lowest BCUT2D eigenvalue weighted by atomic mass is 10.1. The molecule has 0 fully saturated rings. The van der Waals surface area contributed by atoms with Crippen LogP contribution < -0.4 is 0 Å². The Balaban J connectivity index is 2.42. The Kier molecular flexibility index (Phi) is 6.29. The number of hydrogen-bond donors (Lipinski definition) is 0. The van der Waals surface area contributed by atoms with Crippen molar-refractivity contribution in [2.75, 3.05) is 7.11 Å². The van der Waals surface area contributed by atoms with E-state index in [0.29, 0.717) is 24.7 Å². The summed E-state index contributed by atoms with van der Waals surface area (Å²) >= 11 is 0. The monoisotopic (exact) mass is 264 g/mol. The van der Waals surface area contributed by atoms with Crippen molar-refractivity contribution in [2.45, 2.75) is 25.4 Å². The van der Waals surface area contributed by atoms with Gasteiger partial charge in [-0.3, -0.25) is 9.59 Å². The smallest absolute Gasteiger partial charge is 0.338 e. The molecule has 0 aromatic heterocycles. The predicted octanol–water partition coefficient (Wildman–Crippen LogP) is 1.75. The standard InChI is InChI=1S/C14H16O5/c1-18-13(16)9-5-8-12(10-15)19-14(17)11-6-3-2-4-7-11/h2-4,6-7,10,12H,5,8-9H2,1H3/t12-/m1/s1. The molecule has 1 atom stereocenters. The minimum absolute atomic E-state index is 0.198. The van der Waals surface area contributed by atoms with Crippen molar-refractivity contribution in [3.8, 4) is 0 Å². The van der Waals surface area contributed by atoms with Gasteiger partial charge in [0.25, 0.3) is 0 Å². The number of aldehydes is 1. The van der Waals surface area contributed by atoms with Crippen LogP contribution in [0.25, 0.3) is 0 Å². The van der Waals surface area contributed by atoms with Crippen LogP contribution in [0, 0.1) is 0 Å². The van der Waals surface area contributed by atoms with E-state index in [0.717, 1.165) is 0 Å². The van der Waals surface area contributed by atoms with Crippen molar-refractivity contribution in [1.82, 2.24) is 0 Å². The first-order chi connectivity index (χ1) is 9.17. The summed E-state index contributed by atoms with van der Waals surface area (Å²) in [7, 11) is 1.30. The molecule has 19 heavy (non-hydrogen) atoms. The van der Waals surface area contributed by atoms with E-state index < -0.39 is 12.1 Å². The largest absolute Gasteiger partial charge is 0.469 e. The summed E-state index contributed by atoms with van der Waals surface area (Å²) in [6.45, 7) is 0. The van der Waals surface area contributed by atoms with Crippen LogP contribution in [0.3, 0.4) is 0 Å². The topological polar surface area (TPSA) is 69.7 Å². The molecular formula is C14H16O5. The van der Waals surface area contributed by atoms with E-state index in [9.17, 15) is 14.4 Å². The highest BCUT2D eigenvalue weighted by Crippen LogP contribution is 2.08. The maximum absolute atomic E-state index is 11.7. The number of hydrogen-bond acceptors (Lipinski definition) is 5. The van der Waals surface area contributed by atoms with E-state index in [2.05, 4.69) is 4.74 Å². The van der Waals surface area contributed by atoms with Crippen LogP contribution >= 0.6 is 0 Å². The van der Waals surface area contributed by atoms with Crippen LogP contribution in [0.4, 0.5) is 0 Å². The molecule has 0 aliphatic heterocycles. The Morgan fingerprint density at radius 1 is 1.26 bits per heavy atom. The van der Waals surface area contributed by atoms with E-state index in [1.165, 1.54) is 7.11 Å². The van der Waals surface area contributed by atoms with Gasteiger partial charge < -0.3 is 9.47 Å². The number of carbonyl (C=O) groups is 3. The molecule has 0 saturated carbocycles.